The molecule has 37 heavy (non-hydrogen) atoms. The van der Waals surface area contributed by atoms with Gasteiger partial charge in [-0.3, -0.25) is 9.59 Å². The van der Waals surface area contributed by atoms with E-state index in [9.17, 15) is 19.5 Å². The Morgan fingerprint density at radius 1 is 0.811 bits per heavy atom. The number of nitrogens with one attached hydrogen (secondary N) is 3. The number of carboxylic acid groups (broad SMARTS) is 1. The summed E-state index contributed by atoms with van der Waals surface area (Å²) < 4.78 is 0. The fourth-order valence-corrected chi connectivity index (χ4v) is 4.17. The van der Waals surface area contributed by atoms with Crippen LogP contribution >= 0.6 is 0 Å². The van der Waals surface area contributed by atoms with E-state index < -0.39 is 22.9 Å². The van der Waals surface area contributed by atoms with Crippen LogP contribution in [-0.4, -0.2) is 22.1 Å². The van der Waals surface area contributed by atoms with E-state index >= 15 is 0 Å². The van der Waals surface area contributed by atoms with Gasteiger partial charge in [-0.1, -0.05) is 66.7 Å². The quantitative estimate of drug-likeness (QED) is 0.213. The van der Waals surface area contributed by atoms with Crippen molar-refractivity contribution in [1.29, 1.82) is 0 Å². The predicted molar refractivity (Wildman–Crippen MR) is 145 cm³/mol. The number of hydrogen-bond acceptors (Lipinski definition) is 7. The van der Waals surface area contributed by atoms with E-state index in [-0.39, 0.29) is 17.8 Å². The molecule has 4 N–H and O–H groups in total. The molecule has 1 unspecified atom stereocenters. The predicted octanol–water partition coefficient (Wildman–Crippen LogP) is 4.29. The summed E-state index contributed by atoms with van der Waals surface area (Å²) in [4.78, 5) is 40.7. The van der Waals surface area contributed by atoms with Gasteiger partial charge in [0.15, 0.2) is 0 Å². The lowest BCUT2D eigenvalue weighted by Crippen LogP contribution is -2.42. The van der Waals surface area contributed by atoms with Crippen LogP contribution < -0.4 is 26.8 Å². The first kappa shape index (κ1) is 23.7. The Hall–Kier alpha value is -4.98. The number of nitrogens with zero attached hydrogens (tertiary/aromatic N) is 1. The molecule has 0 spiro atoms. The standard InChI is InChI=1S/C29H24N4O4/c34-26-24(31-17-19-6-2-1-3-7-19)25(27(26)35)33-23(29(36)37)16-18-10-12-21(13-11-18)32-28-22-9-5-4-8-20(22)14-15-30-28/h1-15,23,31,33H,16-17H2,(H,30,32)(H,36,37). The van der Waals surface area contributed by atoms with Crippen LogP contribution in [0.2, 0.25) is 0 Å². The molecular formula is C29H24N4O4. The molecule has 0 fully saturated rings. The highest BCUT2D eigenvalue weighted by atomic mass is 16.4. The Balaban J connectivity index is 1.27. The molecule has 5 aromatic rings. The smallest absolute Gasteiger partial charge is 0.326 e. The first-order chi connectivity index (χ1) is 18.0. The van der Waals surface area contributed by atoms with Crippen LogP contribution in [0.1, 0.15) is 11.1 Å². The van der Waals surface area contributed by atoms with Gasteiger partial charge >= 0.3 is 5.97 Å². The molecule has 0 saturated heterocycles. The van der Waals surface area contributed by atoms with Crippen molar-refractivity contribution in [1.82, 2.24) is 4.98 Å². The summed E-state index contributed by atoms with van der Waals surface area (Å²) in [6.45, 7) is 0.345. The van der Waals surface area contributed by atoms with Crippen LogP contribution in [0.25, 0.3) is 10.8 Å². The van der Waals surface area contributed by atoms with E-state index in [4.69, 9.17) is 0 Å². The normalized spacial score (nSPS) is 11.8. The molecule has 0 amide bonds. The third kappa shape index (κ3) is 5.18. The lowest BCUT2D eigenvalue weighted by molar-refractivity contribution is -0.137. The third-order valence-electron chi connectivity index (χ3n) is 6.17. The maximum Gasteiger partial charge on any atom is 0.326 e. The maximum atomic E-state index is 12.2. The average molecular weight is 493 g/mol. The van der Waals surface area contributed by atoms with Crippen LogP contribution in [0.15, 0.2) is 101 Å². The van der Waals surface area contributed by atoms with E-state index in [1.54, 1.807) is 6.20 Å². The van der Waals surface area contributed by atoms with Gasteiger partial charge in [0.05, 0.1) is 0 Å². The SMILES string of the molecule is O=C(O)C(Cc1ccc(Nc2nccc3ccccc23)cc1)Nc1c(NCc2ccccc2)c(=O)c1=O. The van der Waals surface area contributed by atoms with Gasteiger partial charge in [0.1, 0.15) is 23.2 Å². The van der Waals surface area contributed by atoms with E-state index in [2.05, 4.69) is 20.9 Å². The number of rotatable bonds is 10. The molecule has 8 nitrogen and oxygen atoms in total. The highest BCUT2D eigenvalue weighted by molar-refractivity contribution is 5.93. The zero-order valence-electron chi connectivity index (χ0n) is 19.8. The van der Waals surface area contributed by atoms with E-state index in [1.165, 1.54) is 0 Å². The van der Waals surface area contributed by atoms with Gasteiger partial charge in [-0.05, 0) is 34.7 Å². The fourth-order valence-electron chi connectivity index (χ4n) is 4.17. The minimum atomic E-state index is -1.12. The fraction of sp³-hybridized carbons (Fsp3) is 0.103. The van der Waals surface area contributed by atoms with E-state index in [0.29, 0.717) is 6.54 Å². The molecule has 0 bridgehead atoms. The van der Waals surface area contributed by atoms with Gasteiger partial charge in [-0.15, -0.1) is 0 Å². The molecule has 0 radical (unpaired) electrons. The minimum Gasteiger partial charge on any atom is -0.480 e. The van der Waals surface area contributed by atoms with Crippen molar-refractivity contribution in [3.8, 4) is 0 Å². The van der Waals surface area contributed by atoms with Gasteiger partial charge < -0.3 is 21.1 Å². The number of fused-ring (bicyclic) bond motifs is 1. The summed E-state index contributed by atoms with van der Waals surface area (Å²) in [5, 5.41) is 20.9. The highest BCUT2D eigenvalue weighted by Gasteiger charge is 2.26. The van der Waals surface area contributed by atoms with Gasteiger partial charge in [0.25, 0.3) is 10.9 Å². The van der Waals surface area contributed by atoms with Crippen LogP contribution in [0, 0.1) is 0 Å². The average Bonchev–Trinajstić information content (AvgIpc) is 2.93. The Labute approximate surface area is 212 Å². The summed E-state index contributed by atoms with van der Waals surface area (Å²) >= 11 is 0. The molecule has 1 heterocycles. The van der Waals surface area contributed by atoms with Crippen molar-refractivity contribution in [2.45, 2.75) is 19.0 Å². The Bertz CT molecular complexity index is 1620. The molecule has 1 aromatic heterocycles. The number of pyridine rings is 1. The van der Waals surface area contributed by atoms with E-state index in [0.717, 1.165) is 33.4 Å². The first-order valence-corrected chi connectivity index (χ1v) is 11.8. The van der Waals surface area contributed by atoms with Gasteiger partial charge in [-0.25, -0.2) is 9.78 Å². The summed E-state index contributed by atoms with van der Waals surface area (Å²) in [6.07, 6.45) is 1.87. The molecule has 4 aromatic carbocycles. The van der Waals surface area contributed by atoms with E-state index in [1.807, 2.05) is 84.9 Å². The third-order valence-corrected chi connectivity index (χ3v) is 6.17. The molecule has 0 aliphatic heterocycles. The first-order valence-electron chi connectivity index (χ1n) is 11.8. The number of aromatic nitrogens is 1. The van der Waals surface area contributed by atoms with Crippen molar-refractivity contribution >= 4 is 39.6 Å². The monoisotopic (exact) mass is 492 g/mol. The second kappa shape index (κ2) is 10.3. The van der Waals surface area contributed by atoms with Crippen LogP contribution in [-0.2, 0) is 17.8 Å². The molecule has 8 heteroatoms. The van der Waals surface area contributed by atoms with Crippen LogP contribution in [0.5, 0.6) is 0 Å². The number of hydrogen-bond donors (Lipinski definition) is 4. The highest BCUT2D eigenvalue weighted by Crippen LogP contribution is 2.25. The zero-order valence-corrected chi connectivity index (χ0v) is 19.8. The minimum absolute atomic E-state index is 0.00801. The number of carboxylic acids is 1. The number of carbonyl (C=O) groups is 1. The summed E-state index contributed by atoms with van der Waals surface area (Å²) in [7, 11) is 0. The second-order valence-electron chi connectivity index (χ2n) is 8.69. The molecule has 1 atom stereocenters. The summed E-state index contributed by atoms with van der Waals surface area (Å²) in [5.74, 6) is -0.393. The number of benzene rings is 3. The molecular weight excluding hydrogens is 468 g/mol. The largest absolute Gasteiger partial charge is 0.480 e. The molecule has 184 valence electrons. The number of aliphatic carboxylic acids is 1. The Morgan fingerprint density at radius 2 is 1.51 bits per heavy atom. The lowest BCUT2D eigenvalue weighted by Gasteiger charge is -2.20. The van der Waals surface area contributed by atoms with Gasteiger partial charge in [0, 0.05) is 30.2 Å². The Morgan fingerprint density at radius 3 is 2.27 bits per heavy atom. The topological polar surface area (TPSA) is 120 Å². The van der Waals surface area contributed by atoms with Gasteiger partial charge in [-0.2, -0.15) is 0 Å². The maximum absolute atomic E-state index is 12.2. The number of anilines is 4. The van der Waals surface area contributed by atoms with Crippen molar-refractivity contribution < 1.29 is 9.90 Å². The second-order valence-corrected chi connectivity index (χ2v) is 8.69. The molecule has 5 rings (SSSR count). The summed E-state index contributed by atoms with van der Waals surface area (Å²) in [6, 6.07) is 25.5. The molecule has 0 aliphatic rings. The van der Waals surface area contributed by atoms with Crippen molar-refractivity contribution in [2.75, 3.05) is 16.0 Å². The lowest BCUT2D eigenvalue weighted by atomic mass is 10.0. The zero-order chi connectivity index (χ0) is 25.8. The van der Waals surface area contributed by atoms with Crippen molar-refractivity contribution in [3.05, 3.63) is 123 Å². The molecule has 0 aliphatic carbocycles. The summed E-state index contributed by atoms with van der Waals surface area (Å²) in [5.41, 5.74) is 1.25. The molecule has 0 saturated carbocycles. The van der Waals surface area contributed by atoms with Gasteiger partial charge in [0.2, 0.25) is 0 Å². The van der Waals surface area contributed by atoms with Crippen LogP contribution in [0.4, 0.5) is 22.9 Å². The Kier molecular flexibility index (Phi) is 6.63. The van der Waals surface area contributed by atoms with Crippen LogP contribution in [0.3, 0.4) is 0 Å². The van der Waals surface area contributed by atoms with Crippen molar-refractivity contribution in [3.63, 3.8) is 0 Å². The van der Waals surface area contributed by atoms with Crippen molar-refractivity contribution in [2.24, 2.45) is 0 Å².